The maximum absolute atomic E-state index is 14.4. The molecule has 0 bridgehead atoms. The Morgan fingerprint density at radius 1 is 1.00 bits per heavy atom. The molecular formula is C31H33F3N2O9S. The van der Waals surface area contributed by atoms with Crippen LogP contribution in [0, 0.1) is 5.92 Å². The molecule has 3 aliphatic rings. The maximum Gasteiger partial charge on any atom is 0.418 e. The number of hydrogen-bond donors (Lipinski definition) is 2. The number of para-hydroxylation sites is 1. The molecule has 46 heavy (non-hydrogen) atoms. The van der Waals surface area contributed by atoms with Crippen LogP contribution < -0.4 is 13.8 Å². The smallest absolute Gasteiger partial charge is 0.418 e. The van der Waals surface area contributed by atoms with Crippen molar-refractivity contribution >= 4 is 27.3 Å². The average Bonchev–Trinajstić information content (AvgIpc) is 3.52. The molecule has 0 fully saturated rings. The van der Waals surface area contributed by atoms with Crippen molar-refractivity contribution in [1.82, 2.24) is 5.39 Å². The number of alkyl halides is 3. The maximum atomic E-state index is 14.4. The quantitative estimate of drug-likeness (QED) is 0.163. The first-order valence-electron chi connectivity index (χ1n) is 14.7. The molecule has 2 aliphatic heterocycles. The van der Waals surface area contributed by atoms with Crippen molar-refractivity contribution < 1.29 is 55.8 Å². The number of carbonyl (C=O) groups is 1. The van der Waals surface area contributed by atoms with Gasteiger partial charge in [-0.05, 0) is 43.4 Å². The molecule has 0 saturated heterocycles. The summed E-state index contributed by atoms with van der Waals surface area (Å²) in [6.07, 6.45) is 3.65. The third-order valence-electron chi connectivity index (χ3n) is 7.85. The lowest BCUT2D eigenvalue weighted by molar-refractivity contribution is -0.492. The number of carbonyl (C=O) groups excluding carboxylic acids is 1. The Morgan fingerprint density at radius 3 is 2.41 bits per heavy atom. The zero-order valence-electron chi connectivity index (χ0n) is 24.8. The topological polar surface area (TPSA) is 135 Å². The van der Waals surface area contributed by atoms with E-state index in [9.17, 15) is 26.4 Å². The standard InChI is InChI=1S/C31H33F3N2O9S/c1-2-20-15-16-22(29-28(20)43-19-44-29)26-21-11-5-8-14-25(21)46(40,41)35(24-13-7-6-12-23(24)31(32,33)34)27(26)30(37)42-17-9-3-4-10-18-45-36(38)39/h5-8,11-16,21,25,38-39H,2-4,9-10,17-19H2,1H3. The highest BCUT2D eigenvalue weighted by Crippen LogP contribution is 2.52. The molecule has 2 aromatic rings. The fourth-order valence-corrected chi connectivity index (χ4v) is 7.77. The average molecular weight is 667 g/mol. The number of unbranched alkanes of at least 4 members (excludes halogenated alkanes) is 3. The van der Waals surface area contributed by atoms with E-state index < -0.39 is 55.7 Å². The van der Waals surface area contributed by atoms with Crippen molar-refractivity contribution in [1.29, 1.82) is 0 Å². The fraction of sp³-hybridized carbons (Fsp3) is 0.387. The number of ether oxygens (including phenoxy) is 3. The first-order valence-corrected chi connectivity index (χ1v) is 16.2. The Hall–Kier alpha value is -3.89. The van der Waals surface area contributed by atoms with E-state index in [-0.39, 0.29) is 31.3 Å². The van der Waals surface area contributed by atoms with Crippen LogP contribution in [-0.2, 0) is 37.0 Å². The van der Waals surface area contributed by atoms with Crippen molar-refractivity contribution in [2.45, 2.75) is 50.5 Å². The summed E-state index contributed by atoms with van der Waals surface area (Å²) in [4.78, 5) is 18.6. The molecule has 1 aliphatic carbocycles. The number of rotatable bonds is 12. The highest BCUT2D eigenvalue weighted by atomic mass is 32.2. The van der Waals surface area contributed by atoms with Gasteiger partial charge in [-0.25, -0.2) is 17.5 Å². The number of aryl methyl sites for hydroxylation is 1. The second kappa shape index (κ2) is 13.8. The van der Waals surface area contributed by atoms with Crippen molar-refractivity contribution in [2.75, 3.05) is 24.3 Å². The van der Waals surface area contributed by atoms with Crippen molar-refractivity contribution in [3.8, 4) is 11.5 Å². The summed E-state index contributed by atoms with van der Waals surface area (Å²) in [5.41, 5.74) is -1.31. The van der Waals surface area contributed by atoms with Crippen molar-refractivity contribution in [3.63, 3.8) is 0 Å². The van der Waals surface area contributed by atoms with Crippen molar-refractivity contribution in [3.05, 3.63) is 83.1 Å². The minimum Gasteiger partial charge on any atom is -0.461 e. The van der Waals surface area contributed by atoms with Crippen LogP contribution >= 0.6 is 0 Å². The lowest BCUT2D eigenvalue weighted by Crippen LogP contribution is -2.49. The molecule has 0 amide bonds. The molecule has 0 spiro atoms. The van der Waals surface area contributed by atoms with Crippen molar-refractivity contribution in [2.24, 2.45) is 5.92 Å². The molecule has 2 N–H and O–H groups in total. The zero-order chi connectivity index (χ0) is 33.1. The molecule has 5 rings (SSSR count). The van der Waals surface area contributed by atoms with E-state index >= 15 is 0 Å². The summed E-state index contributed by atoms with van der Waals surface area (Å²) < 4.78 is 89.3. The normalized spacial score (nSPS) is 19.9. The predicted octanol–water partition coefficient (Wildman–Crippen LogP) is 5.78. The van der Waals surface area contributed by atoms with E-state index in [0.29, 0.717) is 47.7 Å². The van der Waals surface area contributed by atoms with Crippen LogP contribution in [0.4, 0.5) is 18.9 Å². The largest absolute Gasteiger partial charge is 0.461 e. The van der Waals surface area contributed by atoms with Gasteiger partial charge in [0.05, 0.1) is 29.9 Å². The minimum absolute atomic E-state index is 0.0336. The van der Waals surface area contributed by atoms with Crippen LogP contribution in [0.3, 0.4) is 0 Å². The number of esters is 1. The Balaban J connectivity index is 1.64. The molecule has 2 heterocycles. The minimum atomic E-state index is -4.95. The first-order chi connectivity index (χ1) is 22.0. The molecule has 0 aromatic heterocycles. The van der Waals surface area contributed by atoms with Gasteiger partial charge in [0, 0.05) is 17.1 Å². The number of halogens is 3. The monoisotopic (exact) mass is 666 g/mol. The Bertz CT molecular complexity index is 1650. The van der Waals surface area contributed by atoms with Crippen LogP contribution in [0.15, 0.2) is 66.4 Å². The molecule has 0 saturated carbocycles. The first kappa shape index (κ1) is 33.5. The Labute approximate surface area is 263 Å². The summed E-state index contributed by atoms with van der Waals surface area (Å²) in [6, 6.07) is 7.60. The summed E-state index contributed by atoms with van der Waals surface area (Å²) in [7, 11) is -4.67. The number of hydrogen-bond acceptors (Lipinski definition) is 10. The van der Waals surface area contributed by atoms with Gasteiger partial charge in [0.1, 0.15) is 10.9 Å². The summed E-state index contributed by atoms with van der Waals surface area (Å²) in [5.74, 6) is -1.41. The van der Waals surface area contributed by atoms with Gasteiger partial charge in [-0.15, -0.1) is 0 Å². The Kier molecular flexibility index (Phi) is 10.1. The summed E-state index contributed by atoms with van der Waals surface area (Å²) in [6.45, 7) is 1.65. The highest BCUT2D eigenvalue weighted by molar-refractivity contribution is 7.94. The van der Waals surface area contributed by atoms with Gasteiger partial charge in [-0.1, -0.05) is 61.9 Å². The summed E-state index contributed by atoms with van der Waals surface area (Å²) >= 11 is 0. The lowest BCUT2D eigenvalue weighted by Gasteiger charge is -2.41. The fourth-order valence-electron chi connectivity index (χ4n) is 5.78. The molecule has 2 atom stereocenters. The van der Waals surface area contributed by atoms with Crippen LogP contribution in [0.25, 0.3) is 5.57 Å². The predicted molar refractivity (Wildman–Crippen MR) is 158 cm³/mol. The molecule has 15 heteroatoms. The van der Waals surface area contributed by atoms with Gasteiger partial charge >= 0.3 is 12.1 Å². The van der Waals surface area contributed by atoms with Gasteiger partial charge in [0.2, 0.25) is 16.8 Å². The van der Waals surface area contributed by atoms with Crippen LogP contribution in [0.1, 0.15) is 49.3 Å². The summed E-state index contributed by atoms with van der Waals surface area (Å²) in [5, 5.41) is 15.5. The Morgan fingerprint density at radius 2 is 1.70 bits per heavy atom. The number of allylic oxidation sites excluding steroid dienone is 4. The van der Waals surface area contributed by atoms with E-state index in [0.717, 1.165) is 23.8 Å². The third kappa shape index (κ3) is 6.64. The second-order valence-electron chi connectivity index (χ2n) is 10.7. The molecule has 248 valence electrons. The molecule has 0 radical (unpaired) electrons. The van der Waals surface area contributed by atoms with Crippen LogP contribution in [-0.4, -0.2) is 55.4 Å². The lowest BCUT2D eigenvalue weighted by atomic mass is 9.84. The number of sulfonamides is 1. The number of nitrogens with zero attached hydrogens (tertiary/aromatic N) is 2. The van der Waals surface area contributed by atoms with E-state index in [1.54, 1.807) is 24.3 Å². The van der Waals surface area contributed by atoms with Gasteiger partial charge < -0.3 is 14.2 Å². The molecule has 2 aromatic carbocycles. The van der Waals surface area contributed by atoms with E-state index in [1.807, 2.05) is 6.92 Å². The van der Waals surface area contributed by atoms with E-state index in [2.05, 4.69) is 4.84 Å². The van der Waals surface area contributed by atoms with Gasteiger partial charge in [0.25, 0.3) is 0 Å². The van der Waals surface area contributed by atoms with Crippen LogP contribution in [0.5, 0.6) is 11.5 Å². The van der Waals surface area contributed by atoms with E-state index in [1.165, 1.54) is 18.2 Å². The second-order valence-corrected chi connectivity index (χ2v) is 12.6. The number of fused-ring (bicyclic) bond motifs is 2. The molecular weight excluding hydrogens is 633 g/mol. The van der Waals surface area contributed by atoms with Gasteiger partial charge in [-0.2, -0.15) is 13.2 Å². The highest BCUT2D eigenvalue weighted by Gasteiger charge is 2.51. The molecule has 11 nitrogen and oxygen atoms in total. The number of anilines is 1. The van der Waals surface area contributed by atoms with Gasteiger partial charge in [0.15, 0.2) is 11.5 Å². The number of benzene rings is 2. The van der Waals surface area contributed by atoms with E-state index in [4.69, 9.17) is 24.6 Å². The zero-order valence-corrected chi connectivity index (χ0v) is 25.6. The van der Waals surface area contributed by atoms with Crippen LogP contribution in [0.2, 0.25) is 0 Å². The SMILES string of the molecule is CCc1ccc(C2=C(C(=O)OCCCCCCON(O)O)N(c3ccccc3C(F)(F)F)S(=O)(=O)C3C=CC=CC23)c2c1OCO2. The third-order valence-corrected chi connectivity index (χ3v) is 9.87. The van der Waals surface area contributed by atoms with Gasteiger partial charge in [-0.3, -0.25) is 15.3 Å². The molecule has 2 unspecified atom stereocenters.